The molecule has 3 atom stereocenters. The zero-order valence-electron chi connectivity index (χ0n) is 14.2. The first-order valence-electron chi connectivity index (χ1n) is 8.50. The average Bonchev–Trinajstić information content (AvgIpc) is 3.15. The highest BCUT2D eigenvalue weighted by Gasteiger charge is 2.34. The monoisotopic (exact) mass is 361 g/mol. The van der Waals surface area contributed by atoms with Crippen LogP contribution in [-0.4, -0.2) is 40.0 Å². The zero-order valence-corrected chi connectivity index (χ0v) is 15.0. The van der Waals surface area contributed by atoms with Crippen molar-refractivity contribution in [1.29, 1.82) is 0 Å². The highest BCUT2D eigenvalue weighted by atomic mass is 32.2. The van der Waals surface area contributed by atoms with Crippen molar-refractivity contribution in [1.82, 2.24) is 5.32 Å². The van der Waals surface area contributed by atoms with Crippen LogP contribution in [0.5, 0.6) is 0 Å². The van der Waals surface area contributed by atoms with Crippen molar-refractivity contribution in [3.63, 3.8) is 0 Å². The number of benzene rings is 1. The third-order valence-corrected chi connectivity index (χ3v) is 6.46. The first kappa shape index (κ1) is 18.0. The number of hydrogen-bond acceptors (Lipinski definition) is 5. The molecule has 1 aliphatic carbocycles. The Balaban J connectivity index is 1.88. The van der Waals surface area contributed by atoms with Crippen molar-refractivity contribution >= 4 is 15.6 Å². The second-order valence-electron chi connectivity index (χ2n) is 6.55. The summed E-state index contributed by atoms with van der Waals surface area (Å²) in [5.41, 5.74) is 0. The first-order valence-corrected chi connectivity index (χ1v) is 9.99. The van der Waals surface area contributed by atoms with Gasteiger partial charge in [0.05, 0.1) is 15.9 Å². The Morgan fingerprint density at radius 1 is 1.28 bits per heavy atom. The SMILES string of the molecule is CC(=O)COC1C=C(S(=O)(=O)c2ccccc2)C=CC1[C@@H]1CCNC1. The molecule has 0 spiro atoms. The molecule has 0 saturated carbocycles. The van der Waals surface area contributed by atoms with Crippen LogP contribution >= 0.6 is 0 Å². The lowest BCUT2D eigenvalue weighted by molar-refractivity contribution is -0.123. The summed E-state index contributed by atoms with van der Waals surface area (Å²) in [6.07, 6.45) is 5.88. The van der Waals surface area contributed by atoms with Gasteiger partial charge in [0.2, 0.25) is 9.84 Å². The molecule has 1 heterocycles. The van der Waals surface area contributed by atoms with Gasteiger partial charge in [-0.3, -0.25) is 4.79 Å². The molecule has 25 heavy (non-hydrogen) atoms. The van der Waals surface area contributed by atoms with Gasteiger partial charge in [0.1, 0.15) is 6.61 Å². The fourth-order valence-electron chi connectivity index (χ4n) is 3.36. The van der Waals surface area contributed by atoms with E-state index in [-0.39, 0.29) is 28.1 Å². The minimum atomic E-state index is -3.59. The number of Topliss-reactive ketones (excluding diaryl/α,β-unsaturated/α-hetero) is 1. The fraction of sp³-hybridized carbons (Fsp3) is 0.421. The smallest absolute Gasteiger partial charge is 0.206 e. The van der Waals surface area contributed by atoms with Crippen molar-refractivity contribution in [3.8, 4) is 0 Å². The lowest BCUT2D eigenvalue weighted by Gasteiger charge is -2.30. The zero-order chi connectivity index (χ0) is 17.9. The van der Waals surface area contributed by atoms with Crippen molar-refractivity contribution in [2.75, 3.05) is 19.7 Å². The minimum Gasteiger partial charge on any atom is -0.366 e. The summed E-state index contributed by atoms with van der Waals surface area (Å²) >= 11 is 0. The van der Waals surface area contributed by atoms with E-state index in [1.54, 1.807) is 42.5 Å². The summed E-state index contributed by atoms with van der Waals surface area (Å²) in [5, 5.41) is 3.33. The van der Waals surface area contributed by atoms with Crippen LogP contribution in [0.15, 0.2) is 58.4 Å². The topological polar surface area (TPSA) is 72.5 Å². The summed E-state index contributed by atoms with van der Waals surface area (Å²) in [6.45, 7) is 3.29. The average molecular weight is 361 g/mol. The number of hydrogen-bond donors (Lipinski definition) is 1. The maximum Gasteiger partial charge on any atom is 0.206 e. The Kier molecular flexibility index (Phi) is 5.51. The van der Waals surface area contributed by atoms with Gasteiger partial charge in [-0.2, -0.15) is 0 Å². The number of rotatable bonds is 6. The quantitative estimate of drug-likeness (QED) is 0.840. The van der Waals surface area contributed by atoms with Crippen LogP contribution in [0.2, 0.25) is 0 Å². The van der Waals surface area contributed by atoms with Gasteiger partial charge in [-0.25, -0.2) is 8.42 Å². The van der Waals surface area contributed by atoms with Crippen molar-refractivity contribution in [2.45, 2.75) is 24.3 Å². The van der Waals surface area contributed by atoms with E-state index in [1.165, 1.54) is 6.92 Å². The summed E-state index contributed by atoms with van der Waals surface area (Å²) in [7, 11) is -3.59. The van der Waals surface area contributed by atoms with Crippen molar-refractivity contribution < 1.29 is 17.9 Å². The van der Waals surface area contributed by atoms with E-state index in [0.717, 1.165) is 19.5 Å². The maximum atomic E-state index is 12.8. The second kappa shape index (κ2) is 7.64. The summed E-state index contributed by atoms with van der Waals surface area (Å²) < 4.78 is 31.5. The Bertz CT molecular complexity index is 777. The van der Waals surface area contributed by atoms with Gasteiger partial charge in [0.15, 0.2) is 5.78 Å². The van der Waals surface area contributed by atoms with Crippen LogP contribution in [0, 0.1) is 11.8 Å². The molecule has 1 aliphatic heterocycles. The molecular formula is C19H23NO4S. The summed E-state index contributed by atoms with van der Waals surface area (Å²) in [5.74, 6) is 0.383. The summed E-state index contributed by atoms with van der Waals surface area (Å²) in [6, 6.07) is 8.37. The molecule has 3 rings (SSSR count). The van der Waals surface area contributed by atoms with Crippen LogP contribution in [0.25, 0.3) is 0 Å². The third kappa shape index (κ3) is 4.08. The number of carbonyl (C=O) groups is 1. The standard InChI is InChI=1S/C19H23NO4S/c1-14(21)13-24-19-11-17(7-8-18(19)15-9-10-20-12-15)25(22,23)16-5-3-2-4-6-16/h2-8,11,15,18-20H,9-10,12-13H2,1H3/t15-,18?,19?/m1/s1. The van der Waals surface area contributed by atoms with Gasteiger partial charge in [0.25, 0.3) is 0 Å². The molecule has 1 aromatic carbocycles. The molecule has 2 aliphatic rings. The van der Waals surface area contributed by atoms with Gasteiger partial charge < -0.3 is 10.1 Å². The molecule has 134 valence electrons. The molecule has 0 amide bonds. The number of carbonyl (C=O) groups excluding carboxylic acids is 1. The normalized spacial score (nSPS) is 26.4. The Morgan fingerprint density at radius 2 is 2.04 bits per heavy atom. The highest BCUT2D eigenvalue weighted by Crippen LogP contribution is 2.33. The van der Waals surface area contributed by atoms with Crippen molar-refractivity contribution in [2.24, 2.45) is 11.8 Å². The molecule has 0 radical (unpaired) electrons. The Labute approximate surface area is 148 Å². The first-order chi connectivity index (χ1) is 12.0. The van der Waals surface area contributed by atoms with Gasteiger partial charge in [0, 0.05) is 5.92 Å². The molecule has 0 bridgehead atoms. The fourth-order valence-corrected chi connectivity index (χ4v) is 4.72. The van der Waals surface area contributed by atoms with Gasteiger partial charge >= 0.3 is 0 Å². The molecule has 2 unspecified atom stereocenters. The van der Waals surface area contributed by atoms with Gasteiger partial charge in [-0.15, -0.1) is 0 Å². The number of ketones is 1. The van der Waals surface area contributed by atoms with Crippen LogP contribution in [0.4, 0.5) is 0 Å². The van der Waals surface area contributed by atoms with E-state index < -0.39 is 15.9 Å². The number of allylic oxidation sites excluding steroid dienone is 1. The molecule has 1 N–H and O–H groups in total. The van der Waals surface area contributed by atoms with E-state index in [0.29, 0.717) is 5.92 Å². The third-order valence-electron chi connectivity index (χ3n) is 4.68. The number of nitrogens with one attached hydrogen (secondary N) is 1. The Morgan fingerprint density at radius 3 is 2.68 bits per heavy atom. The molecule has 1 fully saturated rings. The molecule has 1 saturated heterocycles. The Hall–Kier alpha value is -1.76. The molecule has 0 aromatic heterocycles. The molecule has 5 nitrogen and oxygen atoms in total. The molecule has 1 aromatic rings. The minimum absolute atomic E-state index is 0.00960. The van der Waals surface area contributed by atoms with E-state index in [1.807, 2.05) is 6.08 Å². The van der Waals surface area contributed by atoms with Crippen molar-refractivity contribution in [3.05, 3.63) is 53.5 Å². The summed E-state index contributed by atoms with van der Waals surface area (Å²) in [4.78, 5) is 11.8. The lowest BCUT2D eigenvalue weighted by Crippen LogP contribution is -2.32. The predicted molar refractivity (Wildman–Crippen MR) is 95.7 cm³/mol. The maximum absolute atomic E-state index is 12.8. The second-order valence-corrected chi connectivity index (χ2v) is 8.50. The van der Waals surface area contributed by atoms with E-state index in [2.05, 4.69) is 5.32 Å². The van der Waals surface area contributed by atoms with Crippen LogP contribution in [0.3, 0.4) is 0 Å². The van der Waals surface area contributed by atoms with Crippen LogP contribution in [0.1, 0.15) is 13.3 Å². The van der Waals surface area contributed by atoms with E-state index >= 15 is 0 Å². The van der Waals surface area contributed by atoms with Gasteiger partial charge in [-0.1, -0.05) is 24.3 Å². The van der Waals surface area contributed by atoms with Crippen LogP contribution < -0.4 is 5.32 Å². The molecule has 6 heteroatoms. The van der Waals surface area contributed by atoms with E-state index in [9.17, 15) is 13.2 Å². The largest absolute Gasteiger partial charge is 0.366 e. The number of sulfone groups is 1. The van der Waals surface area contributed by atoms with Crippen LogP contribution in [-0.2, 0) is 19.4 Å². The molecular weight excluding hydrogens is 338 g/mol. The lowest BCUT2D eigenvalue weighted by atomic mass is 9.84. The number of ether oxygens (including phenoxy) is 1. The highest BCUT2D eigenvalue weighted by molar-refractivity contribution is 7.95. The predicted octanol–water partition coefficient (Wildman–Crippen LogP) is 2.11. The van der Waals surface area contributed by atoms with E-state index in [4.69, 9.17) is 4.74 Å². The van der Waals surface area contributed by atoms with Gasteiger partial charge in [-0.05, 0) is 56.6 Å².